The molecule has 1 unspecified atom stereocenters. The highest BCUT2D eigenvalue weighted by atomic mass is 35.5. The topological polar surface area (TPSA) is 140 Å². The van der Waals surface area contributed by atoms with Crippen LogP contribution in [0.5, 0.6) is 0 Å². The molecule has 0 saturated carbocycles. The van der Waals surface area contributed by atoms with Crippen molar-refractivity contribution in [1.82, 2.24) is 25.1 Å². The second kappa shape index (κ2) is 15.2. The van der Waals surface area contributed by atoms with Crippen LogP contribution in [0.2, 0.25) is 5.02 Å². The van der Waals surface area contributed by atoms with Crippen molar-refractivity contribution in [2.75, 3.05) is 44.2 Å². The van der Waals surface area contributed by atoms with Crippen LogP contribution in [0.4, 0.5) is 15.8 Å². The zero-order valence-electron chi connectivity index (χ0n) is 29.0. The number of methoxy groups -OCH3 is 1. The van der Waals surface area contributed by atoms with Crippen LogP contribution >= 0.6 is 11.6 Å². The zero-order chi connectivity index (χ0) is 37.0. The van der Waals surface area contributed by atoms with E-state index >= 15 is 4.39 Å². The molecule has 1 aliphatic rings. The lowest BCUT2D eigenvalue weighted by molar-refractivity contribution is -0.136. The van der Waals surface area contributed by atoms with E-state index < -0.39 is 35.2 Å². The maximum Gasteiger partial charge on any atom is 0.338 e. The van der Waals surface area contributed by atoms with Crippen molar-refractivity contribution in [1.29, 1.82) is 0 Å². The average molecular weight is 718 g/mol. The molecule has 0 aliphatic carbocycles. The van der Waals surface area contributed by atoms with E-state index in [1.807, 2.05) is 0 Å². The molecule has 0 bridgehead atoms. The number of tetrazole rings is 1. The molecule has 1 aromatic heterocycles. The number of esters is 1. The van der Waals surface area contributed by atoms with E-state index in [1.54, 1.807) is 77.3 Å². The molecule has 3 aromatic carbocycles. The van der Waals surface area contributed by atoms with Gasteiger partial charge in [-0.05, 0) is 97.3 Å². The SMILES string of the molecule is COCC(=O)N(C)c1cccc2c1CCN(C(=O)/C=C/c1c(-n3cnnn3)ccc(Cl)c1F)C2C(=O)N(C)c1ccc(C(=O)OC(C)(C)C)cc1. The Morgan fingerprint density at radius 3 is 2.41 bits per heavy atom. The lowest BCUT2D eigenvalue weighted by Gasteiger charge is -2.39. The van der Waals surface area contributed by atoms with E-state index in [0.717, 1.165) is 0 Å². The number of anilines is 2. The summed E-state index contributed by atoms with van der Waals surface area (Å²) in [7, 11) is 4.61. The normalized spacial score (nSPS) is 14.3. The first-order valence-electron chi connectivity index (χ1n) is 15.9. The van der Waals surface area contributed by atoms with E-state index in [-0.39, 0.29) is 35.3 Å². The summed E-state index contributed by atoms with van der Waals surface area (Å²) in [4.78, 5) is 58.2. The van der Waals surface area contributed by atoms with Crippen molar-refractivity contribution in [3.05, 3.63) is 100 Å². The van der Waals surface area contributed by atoms with Crippen molar-refractivity contribution in [2.24, 2.45) is 0 Å². The smallest absolute Gasteiger partial charge is 0.338 e. The summed E-state index contributed by atoms with van der Waals surface area (Å²) in [5, 5.41) is 10.9. The van der Waals surface area contributed by atoms with Crippen LogP contribution in [-0.2, 0) is 30.3 Å². The van der Waals surface area contributed by atoms with E-state index in [1.165, 1.54) is 57.1 Å². The van der Waals surface area contributed by atoms with Crippen LogP contribution in [0.3, 0.4) is 0 Å². The number of ether oxygens (including phenoxy) is 2. The Hall–Kier alpha value is -5.47. The first kappa shape index (κ1) is 36.8. The molecule has 5 rings (SSSR count). The summed E-state index contributed by atoms with van der Waals surface area (Å²) in [6.07, 6.45) is 4.03. The van der Waals surface area contributed by atoms with E-state index in [9.17, 15) is 19.2 Å². The molecular formula is C36H37ClFN7O6. The van der Waals surface area contributed by atoms with Crippen molar-refractivity contribution in [2.45, 2.75) is 38.8 Å². The van der Waals surface area contributed by atoms with Gasteiger partial charge < -0.3 is 24.2 Å². The largest absolute Gasteiger partial charge is 0.456 e. The number of hydrogen-bond acceptors (Lipinski definition) is 9. The number of likely N-dealkylation sites (N-methyl/N-ethyl adjacent to an activating group) is 2. The average Bonchev–Trinajstić information content (AvgIpc) is 3.65. The first-order chi connectivity index (χ1) is 24.2. The van der Waals surface area contributed by atoms with Gasteiger partial charge in [-0.2, -0.15) is 4.68 Å². The Bertz CT molecular complexity index is 1980. The lowest BCUT2D eigenvalue weighted by atomic mass is 9.89. The third-order valence-corrected chi connectivity index (χ3v) is 8.53. The second-order valence-electron chi connectivity index (χ2n) is 12.7. The van der Waals surface area contributed by atoms with Gasteiger partial charge in [0.1, 0.15) is 24.6 Å². The number of benzene rings is 3. The van der Waals surface area contributed by atoms with Crippen molar-refractivity contribution in [3.8, 4) is 5.69 Å². The minimum Gasteiger partial charge on any atom is -0.456 e. The molecule has 0 radical (unpaired) electrons. The number of rotatable bonds is 9. The Morgan fingerprint density at radius 1 is 1.04 bits per heavy atom. The summed E-state index contributed by atoms with van der Waals surface area (Å²) < 4.78 is 27.1. The molecule has 0 saturated heterocycles. The molecule has 51 heavy (non-hydrogen) atoms. The van der Waals surface area contributed by atoms with Crippen LogP contribution < -0.4 is 9.80 Å². The Balaban J connectivity index is 1.53. The first-order valence-corrected chi connectivity index (χ1v) is 16.3. The van der Waals surface area contributed by atoms with Gasteiger partial charge in [-0.1, -0.05) is 23.7 Å². The Kier molecular flexibility index (Phi) is 11.0. The van der Waals surface area contributed by atoms with Gasteiger partial charge in [-0.25, -0.2) is 9.18 Å². The van der Waals surface area contributed by atoms with Gasteiger partial charge in [0.15, 0.2) is 5.82 Å². The van der Waals surface area contributed by atoms with Gasteiger partial charge in [0.05, 0.1) is 16.3 Å². The highest BCUT2D eigenvalue weighted by molar-refractivity contribution is 6.31. The van der Waals surface area contributed by atoms with E-state index in [4.69, 9.17) is 21.1 Å². The standard InChI is InChI=1S/C36H37ClFN7O6/c1-36(2,3)51-35(49)22-10-12-23(13-11-22)42(4)34(48)33-25-8-7-9-28(43(5)31(47)20-50-6)24(25)18-19-44(33)30(46)17-14-26-29(45-21-39-40-41-45)16-15-27(37)32(26)38/h7-17,21,33H,18-20H2,1-6H3/b17-14+. The van der Waals surface area contributed by atoms with Crippen LogP contribution in [-0.4, -0.2) is 88.8 Å². The van der Waals surface area contributed by atoms with Crippen LogP contribution in [0.1, 0.15) is 53.9 Å². The van der Waals surface area contributed by atoms with Gasteiger partial charge in [0.25, 0.3) is 11.8 Å². The molecule has 4 aromatic rings. The van der Waals surface area contributed by atoms with Gasteiger partial charge in [-0.3, -0.25) is 14.4 Å². The fourth-order valence-electron chi connectivity index (χ4n) is 5.73. The highest BCUT2D eigenvalue weighted by Crippen LogP contribution is 2.38. The Morgan fingerprint density at radius 2 is 1.76 bits per heavy atom. The molecule has 0 fully saturated rings. The quantitative estimate of drug-likeness (QED) is 0.176. The predicted octanol–water partition coefficient (Wildman–Crippen LogP) is 4.82. The van der Waals surface area contributed by atoms with Crippen molar-refractivity contribution < 1.29 is 33.0 Å². The third-order valence-electron chi connectivity index (χ3n) is 8.23. The number of carbonyl (C=O) groups excluding carboxylic acids is 4. The minimum absolute atomic E-state index is 0.0359. The van der Waals surface area contributed by atoms with Crippen LogP contribution in [0, 0.1) is 5.82 Å². The fourth-order valence-corrected chi connectivity index (χ4v) is 5.89. The molecule has 2 heterocycles. The number of carbonyl (C=O) groups is 4. The number of halogens is 2. The van der Waals surface area contributed by atoms with E-state index in [2.05, 4.69) is 15.5 Å². The minimum atomic E-state index is -1.14. The van der Waals surface area contributed by atoms with E-state index in [0.29, 0.717) is 34.5 Å². The molecular weight excluding hydrogens is 681 g/mol. The molecule has 13 nitrogen and oxygen atoms in total. The molecule has 0 spiro atoms. The molecule has 266 valence electrons. The fraction of sp³-hybridized carbons (Fsp3) is 0.306. The molecule has 3 amide bonds. The van der Waals surface area contributed by atoms with Gasteiger partial charge >= 0.3 is 5.97 Å². The summed E-state index contributed by atoms with van der Waals surface area (Å²) in [6, 6.07) is 13.3. The maximum absolute atomic E-state index is 15.3. The molecule has 1 atom stereocenters. The number of nitrogens with zero attached hydrogens (tertiary/aromatic N) is 7. The maximum atomic E-state index is 15.3. The number of fused-ring (bicyclic) bond motifs is 1. The molecule has 0 N–H and O–H groups in total. The van der Waals surface area contributed by atoms with Crippen molar-refractivity contribution >= 4 is 52.7 Å². The predicted molar refractivity (Wildman–Crippen MR) is 188 cm³/mol. The summed E-state index contributed by atoms with van der Waals surface area (Å²) in [6.45, 7) is 5.26. The third kappa shape index (κ3) is 7.97. The zero-order valence-corrected chi connectivity index (χ0v) is 29.7. The number of aromatic nitrogens is 4. The van der Waals surface area contributed by atoms with Crippen LogP contribution in [0.25, 0.3) is 11.8 Å². The highest BCUT2D eigenvalue weighted by Gasteiger charge is 2.39. The Labute approximate surface area is 299 Å². The lowest BCUT2D eigenvalue weighted by Crippen LogP contribution is -2.47. The summed E-state index contributed by atoms with van der Waals surface area (Å²) >= 11 is 6.09. The van der Waals surface area contributed by atoms with Crippen molar-refractivity contribution in [3.63, 3.8) is 0 Å². The monoisotopic (exact) mass is 717 g/mol. The molecule has 15 heteroatoms. The second-order valence-corrected chi connectivity index (χ2v) is 13.1. The van der Waals surface area contributed by atoms with Gasteiger partial charge in [-0.15, -0.1) is 5.10 Å². The van der Waals surface area contributed by atoms with Gasteiger partial charge in [0.2, 0.25) is 5.91 Å². The summed E-state index contributed by atoms with van der Waals surface area (Å²) in [5.41, 5.74) is 2.09. The number of hydrogen-bond donors (Lipinski definition) is 0. The van der Waals surface area contributed by atoms with Gasteiger partial charge in [0, 0.05) is 50.8 Å². The van der Waals surface area contributed by atoms with Crippen LogP contribution in [0.15, 0.2) is 67.0 Å². The number of amides is 3. The summed E-state index contributed by atoms with van der Waals surface area (Å²) in [5.74, 6) is -2.63. The molecule has 1 aliphatic heterocycles.